The summed E-state index contributed by atoms with van der Waals surface area (Å²) in [5.74, 6) is -1.13. The first-order chi connectivity index (χ1) is 21.9. The minimum Gasteiger partial charge on any atom is -0.466 e. The van der Waals surface area contributed by atoms with Crippen LogP contribution < -0.4 is 5.73 Å². The summed E-state index contributed by atoms with van der Waals surface area (Å²) in [6, 6.07) is 0. The van der Waals surface area contributed by atoms with Crippen LogP contribution in [0.1, 0.15) is 128 Å². The molecule has 12 nitrogen and oxygen atoms in total. The Morgan fingerprint density at radius 3 is 0.889 bits per heavy atom. The van der Waals surface area contributed by atoms with E-state index in [2.05, 4.69) is 0 Å². The van der Waals surface area contributed by atoms with Gasteiger partial charge in [0.05, 0.1) is 33.0 Å². The SMILES string of the molecule is COCCOC(=O)CCCCCOC(=O)CCCCCOC(=O)CCCCCOC(=O)CCCCCOC(=O)CCCCCN. The zero-order valence-electron chi connectivity index (χ0n) is 27.7. The Labute approximate surface area is 269 Å². The molecule has 0 aromatic heterocycles. The summed E-state index contributed by atoms with van der Waals surface area (Å²) >= 11 is 0. The molecule has 0 aliphatic rings. The van der Waals surface area contributed by atoms with Gasteiger partial charge in [0.15, 0.2) is 0 Å². The summed E-state index contributed by atoms with van der Waals surface area (Å²) in [5, 5.41) is 0. The molecule has 0 spiro atoms. The molecule has 0 heterocycles. The molecule has 0 saturated carbocycles. The highest BCUT2D eigenvalue weighted by atomic mass is 16.6. The topological polar surface area (TPSA) is 167 Å². The molecular weight excluding hydrogens is 586 g/mol. The highest BCUT2D eigenvalue weighted by Gasteiger charge is 2.08. The second-order valence-electron chi connectivity index (χ2n) is 10.9. The molecule has 2 N–H and O–H groups in total. The summed E-state index contributed by atoms with van der Waals surface area (Å²) < 4.78 is 30.7. The largest absolute Gasteiger partial charge is 0.466 e. The third kappa shape index (κ3) is 32.5. The Balaban J connectivity index is 3.44. The predicted molar refractivity (Wildman–Crippen MR) is 168 cm³/mol. The van der Waals surface area contributed by atoms with E-state index in [0.29, 0.717) is 117 Å². The van der Waals surface area contributed by atoms with Gasteiger partial charge in [0.2, 0.25) is 0 Å². The lowest BCUT2D eigenvalue weighted by atomic mass is 10.2. The first-order valence-electron chi connectivity index (χ1n) is 16.9. The van der Waals surface area contributed by atoms with E-state index in [1.165, 1.54) is 0 Å². The number of ether oxygens (including phenoxy) is 6. The van der Waals surface area contributed by atoms with Crippen LogP contribution in [0.15, 0.2) is 0 Å². The standard InChI is InChI=1S/C33H59NO11/c1-40-27-28-45-33(39)21-11-6-16-26-44-32(38)20-10-5-15-25-43-31(37)19-9-4-14-24-42-30(36)18-8-3-13-23-41-29(35)17-7-2-12-22-34/h2-28,34H2,1H3. The van der Waals surface area contributed by atoms with E-state index < -0.39 is 0 Å². The fourth-order valence-corrected chi connectivity index (χ4v) is 4.13. The Hall–Kier alpha value is -2.73. The number of rotatable bonds is 32. The van der Waals surface area contributed by atoms with Gasteiger partial charge in [-0.15, -0.1) is 0 Å². The monoisotopic (exact) mass is 645 g/mol. The molecule has 0 saturated heterocycles. The first-order valence-corrected chi connectivity index (χ1v) is 16.9. The zero-order valence-corrected chi connectivity index (χ0v) is 27.7. The highest BCUT2D eigenvalue weighted by Crippen LogP contribution is 2.08. The fourth-order valence-electron chi connectivity index (χ4n) is 4.13. The quantitative estimate of drug-likeness (QED) is 0.0584. The van der Waals surface area contributed by atoms with Gasteiger partial charge in [-0.05, 0) is 96.4 Å². The third-order valence-electron chi connectivity index (χ3n) is 6.79. The van der Waals surface area contributed by atoms with Crippen molar-refractivity contribution in [1.29, 1.82) is 0 Å². The Bertz CT molecular complexity index is 776. The van der Waals surface area contributed by atoms with Gasteiger partial charge in [0.25, 0.3) is 0 Å². The number of hydrogen-bond donors (Lipinski definition) is 1. The normalized spacial score (nSPS) is 10.7. The van der Waals surface area contributed by atoms with Crippen molar-refractivity contribution in [3.8, 4) is 0 Å². The third-order valence-corrected chi connectivity index (χ3v) is 6.79. The van der Waals surface area contributed by atoms with Crippen LogP contribution in [0.3, 0.4) is 0 Å². The van der Waals surface area contributed by atoms with E-state index in [1.807, 2.05) is 0 Å². The lowest BCUT2D eigenvalue weighted by Crippen LogP contribution is -2.09. The fraction of sp³-hybridized carbons (Fsp3) is 0.848. The molecule has 0 amide bonds. The summed E-state index contributed by atoms with van der Waals surface area (Å²) in [5.41, 5.74) is 5.42. The predicted octanol–water partition coefficient (Wildman–Crippen LogP) is 5.11. The molecule has 0 aromatic carbocycles. The maximum Gasteiger partial charge on any atom is 0.305 e. The smallest absolute Gasteiger partial charge is 0.305 e. The lowest BCUT2D eigenvalue weighted by molar-refractivity contribution is -0.146. The lowest BCUT2D eigenvalue weighted by Gasteiger charge is -2.07. The first kappa shape index (κ1) is 42.3. The molecule has 12 heteroatoms. The molecule has 262 valence electrons. The van der Waals surface area contributed by atoms with Gasteiger partial charge in [0.1, 0.15) is 6.61 Å². The molecule has 0 rings (SSSR count). The maximum absolute atomic E-state index is 11.9. The van der Waals surface area contributed by atoms with E-state index in [1.54, 1.807) is 7.11 Å². The number of unbranched alkanes of at least 4 members (excludes halogenated alkanes) is 10. The second kappa shape index (κ2) is 32.7. The molecule has 0 aromatic rings. The maximum atomic E-state index is 11.9. The van der Waals surface area contributed by atoms with Crippen LogP contribution in [-0.2, 0) is 52.4 Å². The van der Waals surface area contributed by atoms with Crippen molar-refractivity contribution in [2.45, 2.75) is 128 Å². The molecule has 0 unspecified atom stereocenters. The Morgan fingerprint density at radius 1 is 0.356 bits per heavy atom. The van der Waals surface area contributed by atoms with Gasteiger partial charge in [-0.2, -0.15) is 0 Å². The summed E-state index contributed by atoms with van der Waals surface area (Å²) in [4.78, 5) is 58.5. The van der Waals surface area contributed by atoms with E-state index in [9.17, 15) is 24.0 Å². The van der Waals surface area contributed by atoms with Crippen LogP contribution in [0, 0.1) is 0 Å². The van der Waals surface area contributed by atoms with Crippen LogP contribution in [0.2, 0.25) is 0 Å². The van der Waals surface area contributed by atoms with Gasteiger partial charge < -0.3 is 34.2 Å². The number of esters is 5. The minimum absolute atomic E-state index is 0.177. The average Bonchev–Trinajstić information content (AvgIpc) is 3.02. The van der Waals surface area contributed by atoms with Crippen molar-refractivity contribution in [1.82, 2.24) is 0 Å². The van der Waals surface area contributed by atoms with E-state index in [-0.39, 0.29) is 36.5 Å². The summed E-state index contributed by atoms with van der Waals surface area (Å²) in [6.45, 7) is 2.69. The molecule has 0 atom stereocenters. The van der Waals surface area contributed by atoms with Crippen molar-refractivity contribution in [3.05, 3.63) is 0 Å². The van der Waals surface area contributed by atoms with Crippen molar-refractivity contribution in [3.63, 3.8) is 0 Å². The van der Waals surface area contributed by atoms with E-state index in [4.69, 9.17) is 34.2 Å². The number of hydrogen-bond acceptors (Lipinski definition) is 12. The van der Waals surface area contributed by atoms with Crippen LogP contribution in [0.25, 0.3) is 0 Å². The van der Waals surface area contributed by atoms with Crippen molar-refractivity contribution < 1.29 is 52.4 Å². The van der Waals surface area contributed by atoms with Crippen LogP contribution in [0.5, 0.6) is 0 Å². The van der Waals surface area contributed by atoms with Gasteiger partial charge in [-0.25, -0.2) is 0 Å². The minimum atomic E-state index is -0.244. The summed E-state index contributed by atoms with van der Waals surface area (Å²) in [6.07, 6.45) is 13.1. The number of methoxy groups -OCH3 is 1. The highest BCUT2D eigenvalue weighted by molar-refractivity contribution is 5.70. The van der Waals surface area contributed by atoms with Gasteiger partial charge in [0, 0.05) is 39.2 Å². The average molecular weight is 646 g/mol. The van der Waals surface area contributed by atoms with Crippen LogP contribution >= 0.6 is 0 Å². The molecule has 0 fully saturated rings. The van der Waals surface area contributed by atoms with Crippen LogP contribution in [-0.4, -0.2) is 83.1 Å². The Morgan fingerprint density at radius 2 is 0.622 bits per heavy atom. The van der Waals surface area contributed by atoms with Gasteiger partial charge >= 0.3 is 29.8 Å². The molecule has 0 aliphatic heterocycles. The zero-order chi connectivity index (χ0) is 33.2. The molecule has 0 bridgehead atoms. The van der Waals surface area contributed by atoms with Crippen molar-refractivity contribution in [2.24, 2.45) is 5.73 Å². The van der Waals surface area contributed by atoms with Gasteiger partial charge in [-0.1, -0.05) is 6.42 Å². The molecule has 0 aliphatic carbocycles. The van der Waals surface area contributed by atoms with E-state index >= 15 is 0 Å². The molecule has 45 heavy (non-hydrogen) atoms. The summed E-state index contributed by atoms with van der Waals surface area (Å²) in [7, 11) is 1.55. The van der Waals surface area contributed by atoms with Crippen LogP contribution in [0.4, 0.5) is 0 Å². The van der Waals surface area contributed by atoms with E-state index in [0.717, 1.165) is 51.4 Å². The number of nitrogens with two attached hydrogens (primary N) is 1. The van der Waals surface area contributed by atoms with Gasteiger partial charge in [-0.3, -0.25) is 24.0 Å². The molecule has 0 radical (unpaired) electrons. The van der Waals surface area contributed by atoms with Crippen molar-refractivity contribution in [2.75, 3.05) is 53.3 Å². The number of carbonyl (C=O) groups excluding carboxylic acids is 5. The second-order valence-corrected chi connectivity index (χ2v) is 10.9. The van der Waals surface area contributed by atoms with Crippen molar-refractivity contribution >= 4 is 29.8 Å². The Kier molecular flexibility index (Phi) is 30.7. The molecular formula is C33H59NO11. The number of carbonyl (C=O) groups is 5.